The smallest absolute Gasteiger partial charge is 0.231 e. The van der Waals surface area contributed by atoms with Crippen LogP contribution in [0.5, 0.6) is 0 Å². The van der Waals surface area contributed by atoms with Gasteiger partial charge < -0.3 is 20.6 Å². The molecule has 1 aromatic rings. The van der Waals surface area contributed by atoms with E-state index in [9.17, 15) is 5.11 Å². The summed E-state index contributed by atoms with van der Waals surface area (Å²) in [4.78, 5) is 17.4. The summed E-state index contributed by atoms with van der Waals surface area (Å²) in [5.41, 5.74) is 5.28. The minimum Gasteiger partial charge on any atom is -0.390 e. The van der Waals surface area contributed by atoms with Crippen molar-refractivity contribution < 1.29 is 5.11 Å². The molecular formula is C14H24N6O. The Morgan fingerprint density at radius 1 is 0.905 bits per heavy atom. The molecule has 116 valence electrons. The van der Waals surface area contributed by atoms with E-state index in [1.54, 1.807) is 0 Å². The lowest BCUT2D eigenvalue weighted by molar-refractivity contribution is 0.0349. The lowest BCUT2D eigenvalue weighted by Crippen LogP contribution is -2.43. The average Bonchev–Trinajstić information content (AvgIpc) is 2.47. The van der Waals surface area contributed by atoms with Crippen LogP contribution >= 0.6 is 0 Å². The van der Waals surface area contributed by atoms with Gasteiger partial charge in [-0.2, -0.15) is 15.0 Å². The molecule has 2 aliphatic rings. The van der Waals surface area contributed by atoms with Crippen molar-refractivity contribution in [3.8, 4) is 0 Å². The average molecular weight is 292 g/mol. The molecule has 2 aliphatic heterocycles. The highest BCUT2D eigenvalue weighted by Crippen LogP contribution is 2.25. The SMILES string of the molecule is CC1(O)CCN(c2nc(N)nc(N3CCCCC3)n2)CC1. The molecule has 21 heavy (non-hydrogen) atoms. The summed E-state index contributed by atoms with van der Waals surface area (Å²) in [5.74, 6) is 1.60. The number of hydrogen-bond acceptors (Lipinski definition) is 7. The Bertz CT molecular complexity index is 490. The fraction of sp³-hybridized carbons (Fsp3) is 0.786. The molecule has 0 spiro atoms. The number of piperidine rings is 2. The Hall–Kier alpha value is -1.63. The number of nitrogens with two attached hydrogens (primary N) is 1. The van der Waals surface area contributed by atoms with Gasteiger partial charge in [0.1, 0.15) is 0 Å². The first-order valence-corrected chi connectivity index (χ1v) is 7.77. The molecule has 3 heterocycles. The number of nitrogens with zero attached hydrogens (tertiary/aromatic N) is 5. The van der Waals surface area contributed by atoms with E-state index >= 15 is 0 Å². The number of nitrogen functional groups attached to an aromatic ring is 1. The van der Waals surface area contributed by atoms with Gasteiger partial charge in [0.2, 0.25) is 17.8 Å². The Morgan fingerprint density at radius 3 is 2.00 bits per heavy atom. The Labute approximate surface area is 125 Å². The third kappa shape index (κ3) is 3.34. The molecule has 0 radical (unpaired) electrons. The van der Waals surface area contributed by atoms with Gasteiger partial charge in [0.05, 0.1) is 5.60 Å². The van der Waals surface area contributed by atoms with Gasteiger partial charge in [-0.25, -0.2) is 0 Å². The third-order valence-corrected chi connectivity index (χ3v) is 4.39. The molecular weight excluding hydrogens is 268 g/mol. The predicted molar refractivity (Wildman–Crippen MR) is 82.4 cm³/mol. The minimum absolute atomic E-state index is 0.276. The normalized spacial score (nSPS) is 22.4. The van der Waals surface area contributed by atoms with Crippen LogP contribution in [0.3, 0.4) is 0 Å². The van der Waals surface area contributed by atoms with Gasteiger partial charge in [0, 0.05) is 26.2 Å². The fourth-order valence-electron chi connectivity index (χ4n) is 2.93. The quantitative estimate of drug-likeness (QED) is 0.832. The van der Waals surface area contributed by atoms with Crippen LogP contribution in [-0.4, -0.2) is 51.8 Å². The van der Waals surface area contributed by atoms with Crippen LogP contribution in [0.2, 0.25) is 0 Å². The molecule has 2 fully saturated rings. The van der Waals surface area contributed by atoms with Crippen LogP contribution in [-0.2, 0) is 0 Å². The molecule has 0 bridgehead atoms. The van der Waals surface area contributed by atoms with Gasteiger partial charge in [-0.15, -0.1) is 0 Å². The molecule has 0 amide bonds. The summed E-state index contributed by atoms with van der Waals surface area (Å²) >= 11 is 0. The lowest BCUT2D eigenvalue weighted by Gasteiger charge is -2.36. The fourth-order valence-corrected chi connectivity index (χ4v) is 2.93. The van der Waals surface area contributed by atoms with Crippen LogP contribution in [0, 0.1) is 0 Å². The molecule has 7 nitrogen and oxygen atoms in total. The highest BCUT2D eigenvalue weighted by atomic mass is 16.3. The second-order valence-electron chi connectivity index (χ2n) is 6.33. The van der Waals surface area contributed by atoms with Gasteiger partial charge in [0.15, 0.2) is 0 Å². The zero-order valence-corrected chi connectivity index (χ0v) is 12.6. The Balaban J connectivity index is 1.78. The van der Waals surface area contributed by atoms with E-state index in [1.807, 2.05) is 6.92 Å². The molecule has 1 aromatic heterocycles. The summed E-state index contributed by atoms with van der Waals surface area (Å²) in [5, 5.41) is 10.0. The van der Waals surface area contributed by atoms with E-state index in [4.69, 9.17) is 5.73 Å². The predicted octanol–water partition coefficient (Wildman–Crippen LogP) is 0.795. The standard InChI is InChI=1S/C14H24N6O/c1-14(21)5-9-20(10-6-14)13-17-11(15)16-12(18-13)19-7-3-2-4-8-19/h21H,2-10H2,1H3,(H2,15,16,17,18). The Kier molecular flexibility index (Phi) is 3.84. The summed E-state index contributed by atoms with van der Waals surface area (Å²) in [7, 11) is 0. The maximum Gasteiger partial charge on any atom is 0.231 e. The molecule has 3 N–H and O–H groups in total. The van der Waals surface area contributed by atoms with E-state index in [1.165, 1.54) is 19.3 Å². The molecule has 0 unspecified atom stereocenters. The lowest BCUT2D eigenvalue weighted by atomic mass is 9.94. The summed E-state index contributed by atoms with van der Waals surface area (Å²) < 4.78 is 0. The van der Waals surface area contributed by atoms with Crippen LogP contribution in [0.4, 0.5) is 17.8 Å². The van der Waals surface area contributed by atoms with Gasteiger partial charge in [0.25, 0.3) is 0 Å². The zero-order valence-electron chi connectivity index (χ0n) is 12.6. The number of aliphatic hydroxyl groups is 1. The van der Waals surface area contributed by atoms with Crippen molar-refractivity contribution in [3.05, 3.63) is 0 Å². The van der Waals surface area contributed by atoms with Crippen molar-refractivity contribution in [2.75, 3.05) is 41.7 Å². The van der Waals surface area contributed by atoms with Crippen molar-refractivity contribution in [3.63, 3.8) is 0 Å². The van der Waals surface area contributed by atoms with E-state index in [2.05, 4.69) is 24.8 Å². The highest BCUT2D eigenvalue weighted by Gasteiger charge is 2.29. The maximum absolute atomic E-state index is 10.0. The molecule has 0 aliphatic carbocycles. The van der Waals surface area contributed by atoms with Gasteiger partial charge >= 0.3 is 0 Å². The molecule has 0 saturated carbocycles. The minimum atomic E-state index is -0.579. The van der Waals surface area contributed by atoms with Crippen molar-refractivity contribution >= 4 is 17.8 Å². The number of hydrogen-bond donors (Lipinski definition) is 2. The van der Waals surface area contributed by atoms with Gasteiger partial charge in [-0.3, -0.25) is 0 Å². The van der Waals surface area contributed by atoms with Crippen molar-refractivity contribution in [2.24, 2.45) is 0 Å². The zero-order chi connectivity index (χ0) is 14.9. The highest BCUT2D eigenvalue weighted by molar-refractivity contribution is 5.44. The second kappa shape index (κ2) is 5.63. The van der Waals surface area contributed by atoms with Crippen LogP contribution in [0.1, 0.15) is 39.0 Å². The topological polar surface area (TPSA) is 91.4 Å². The van der Waals surface area contributed by atoms with Crippen molar-refractivity contribution in [1.82, 2.24) is 15.0 Å². The summed E-state index contributed by atoms with van der Waals surface area (Å²) in [6.07, 6.45) is 5.06. The van der Waals surface area contributed by atoms with Crippen LogP contribution < -0.4 is 15.5 Å². The van der Waals surface area contributed by atoms with E-state index in [-0.39, 0.29) is 5.95 Å². The van der Waals surface area contributed by atoms with Crippen LogP contribution in [0.25, 0.3) is 0 Å². The monoisotopic (exact) mass is 292 g/mol. The molecule has 7 heteroatoms. The maximum atomic E-state index is 10.0. The number of anilines is 3. The summed E-state index contributed by atoms with van der Waals surface area (Å²) in [6, 6.07) is 0. The Morgan fingerprint density at radius 2 is 1.43 bits per heavy atom. The largest absolute Gasteiger partial charge is 0.390 e. The molecule has 2 saturated heterocycles. The first-order valence-electron chi connectivity index (χ1n) is 7.77. The molecule has 3 rings (SSSR count). The third-order valence-electron chi connectivity index (χ3n) is 4.39. The van der Waals surface area contributed by atoms with Crippen molar-refractivity contribution in [1.29, 1.82) is 0 Å². The number of rotatable bonds is 2. The van der Waals surface area contributed by atoms with E-state index in [0.29, 0.717) is 11.9 Å². The van der Waals surface area contributed by atoms with E-state index in [0.717, 1.165) is 39.0 Å². The number of aromatic nitrogens is 3. The van der Waals surface area contributed by atoms with Crippen molar-refractivity contribution in [2.45, 2.75) is 44.6 Å². The van der Waals surface area contributed by atoms with Crippen LogP contribution in [0.15, 0.2) is 0 Å². The van der Waals surface area contributed by atoms with Gasteiger partial charge in [-0.1, -0.05) is 0 Å². The first kappa shape index (κ1) is 14.3. The summed E-state index contributed by atoms with van der Waals surface area (Å²) in [6.45, 7) is 5.34. The molecule has 0 atom stereocenters. The molecule has 0 aromatic carbocycles. The van der Waals surface area contributed by atoms with E-state index < -0.39 is 5.60 Å². The second-order valence-corrected chi connectivity index (χ2v) is 6.33. The first-order chi connectivity index (χ1) is 10.0. The van der Waals surface area contributed by atoms with Gasteiger partial charge in [-0.05, 0) is 39.0 Å².